The first-order valence-corrected chi connectivity index (χ1v) is 4.94. The third-order valence-electron chi connectivity index (χ3n) is 1.84. The van der Waals surface area contributed by atoms with Gasteiger partial charge in [0.25, 0.3) is 0 Å². The maximum absolute atomic E-state index is 11.0. The molecular weight excluding hydrogens is 244 g/mol. The van der Waals surface area contributed by atoms with E-state index < -0.39 is 0 Å². The smallest absolute Gasteiger partial charge is 0.309 e. The number of carbonyl (C=O) groups excluding carboxylic acids is 1. The molecule has 0 aliphatic carbocycles. The van der Waals surface area contributed by atoms with Crippen LogP contribution in [0, 0.1) is 0 Å². The normalized spacial score (nSPS) is 9.57. The van der Waals surface area contributed by atoms with Crippen LogP contribution in [0.5, 0.6) is 0 Å². The Hall–Kier alpha value is -1.09. The van der Waals surface area contributed by atoms with E-state index in [4.69, 9.17) is 0 Å². The fourth-order valence-electron chi connectivity index (χ4n) is 1.09. The van der Waals surface area contributed by atoms with E-state index in [0.29, 0.717) is 0 Å². The summed E-state index contributed by atoms with van der Waals surface area (Å²) in [5.74, 6) is -0.272. The van der Waals surface area contributed by atoms with Gasteiger partial charge in [0.2, 0.25) is 0 Å². The Morgan fingerprint density at radius 2 is 2.14 bits per heavy atom. The predicted molar refractivity (Wildman–Crippen MR) is 59.8 cm³/mol. The zero-order valence-electron chi connectivity index (χ0n) is 7.92. The molecule has 0 spiro atoms. The molecule has 1 aromatic rings. The van der Waals surface area contributed by atoms with Crippen molar-refractivity contribution in [2.45, 2.75) is 6.42 Å². The van der Waals surface area contributed by atoms with E-state index in [0.717, 1.165) is 15.6 Å². The Balaban J connectivity index is 2.80. The fourth-order valence-corrected chi connectivity index (χ4v) is 1.65. The van der Waals surface area contributed by atoms with Crippen LogP contribution in [0.4, 0.5) is 0 Å². The fraction of sp³-hybridized carbons (Fsp3) is 0.182. The van der Waals surface area contributed by atoms with E-state index >= 15 is 0 Å². The van der Waals surface area contributed by atoms with Gasteiger partial charge in [-0.1, -0.05) is 40.7 Å². The molecule has 0 unspecified atom stereocenters. The Morgan fingerprint density at radius 3 is 2.71 bits per heavy atom. The van der Waals surface area contributed by atoms with Crippen LogP contribution < -0.4 is 0 Å². The minimum Gasteiger partial charge on any atom is -0.469 e. The lowest BCUT2D eigenvalue weighted by Gasteiger charge is -2.06. The number of hydrogen-bond donors (Lipinski definition) is 0. The van der Waals surface area contributed by atoms with Crippen LogP contribution in [-0.4, -0.2) is 13.1 Å². The van der Waals surface area contributed by atoms with Crippen LogP contribution in [-0.2, 0) is 9.53 Å². The van der Waals surface area contributed by atoms with E-state index in [1.807, 2.05) is 24.3 Å². The summed E-state index contributed by atoms with van der Waals surface area (Å²) in [5, 5.41) is 0. The van der Waals surface area contributed by atoms with Gasteiger partial charge < -0.3 is 4.74 Å². The highest BCUT2D eigenvalue weighted by Gasteiger charge is 2.08. The second-order valence-electron chi connectivity index (χ2n) is 2.84. The number of methoxy groups -OCH3 is 1. The van der Waals surface area contributed by atoms with Gasteiger partial charge in [0, 0.05) is 4.47 Å². The summed E-state index contributed by atoms with van der Waals surface area (Å²) in [6.07, 6.45) is 0.221. The van der Waals surface area contributed by atoms with Crippen LogP contribution >= 0.6 is 15.9 Å². The predicted octanol–water partition coefficient (Wildman–Crippen LogP) is 3.03. The average molecular weight is 255 g/mol. The molecule has 0 bridgehead atoms. The second kappa shape index (κ2) is 4.96. The van der Waals surface area contributed by atoms with Crippen molar-refractivity contribution in [2.24, 2.45) is 0 Å². The highest BCUT2D eigenvalue weighted by atomic mass is 79.9. The SMILES string of the molecule is C=C(CC(=O)OC)c1ccccc1Br. The largest absolute Gasteiger partial charge is 0.469 e. The lowest BCUT2D eigenvalue weighted by molar-refractivity contribution is -0.139. The molecule has 0 atom stereocenters. The molecule has 0 aliphatic heterocycles. The molecule has 0 fully saturated rings. The minimum atomic E-state index is -0.272. The summed E-state index contributed by atoms with van der Waals surface area (Å²) in [6.45, 7) is 3.84. The first-order valence-electron chi connectivity index (χ1n) is 4.14. The molecule has 0 aliphatic rings. The van der Waals surface area contributed by atoms with Gasteiger partial charge in [-0.2, -0.15) is 0 Å². The van der Waals surface area contributed by atoms with Gasteiger partial charge in [0.05, 0.1) is 13.5 Å². The summed E-state index contributed by atoms with van der Waals surface area (Å²) >= 11 is 3.40. The highest BCUT2D eigenvalue weighted by molar-refractivity contribution is 9.10. The molecule has 2 nitrogen and oxygen atoms in total. The van der Waals surface area contributed by atoms with Crippen LogP contribution in [0.1, 0.15) is 12.0 Å². The molecular formula is C11H11BrO2. The number of halogens is 1. The second-order valence-corrected chi connectivity index (χ2v) is 3.69. The van der Waals surface area contributed by atoms with Gasteiger partial charge in [-0.25, -0.2) is 0 Å². The Bertz CT molecular complexity index is 358. The van der Waals surface area contributed by atoms with E-state index in [-0.39, 0.29) is 12.4 Å². The molecule has 14 heavy (non-hydrogen) atoms. The van der Waals surface area contributed by atoms with Gasteiger partial charge >= 0.3 is 5.97 Å². The molecule has 0 heterocycles. The Morgan fingerprint density at radius 1 is 1.50 bits per heavy atom. The van der Waals surface area contributed by atoms with Crippen molar-refractivity contribution in [1.82, 2.24) is 0 Å². The molecule has 0 N–H and O–H groups in total. The standard InChI is InChI=1S/C11H11BrO2/c1-8(7-11(13)14-2)9-5-3-4-6-10(9)12/h3-6H,1,7H2,2H3. The number of ether oxygens (including phenoxy) is 1. The van der Waals surface area contributed by atoms with Crippen molar-refractivity contribution in [1.29, 1.82) is 0 Å². The maximum atomic E-state index is 11.0. The summed E-state index contributed by atoms with van der Waals surface area (Å²) in [7, 11) is 1.37. The van der Waals surface area contributed by atoms with Gasteiger partial charge in [0.15, 0.2) is 0 Å². The summed E-state index contributed by atoms with van der Waals surface area (Å²) in [5.41, 5.74) is 1.70. The summed E-state index contributed by atoms with van der Waals surface area (Å²) in [6, 6.07) is 7.65. The van der Waals surface area contributed by atoms with E-state index in [1.54, 1.807) is 0 Å². The number of benzene rings is 1. The van der Waals surface area contributed by atoms with Crippen LogP contribution in [0.3, 0.4) is 0 Å². The van der Waals surface area contributed by atoms with Crippen molar-refractivity contribution in [3.63, 3.8) is 0 Å². The van der Waals surface area contributed by atoms with Crippen molar-refractivity contribution in [3.05, 3.63) is 40.9 Å². The molecule has 0 radical (unpaired) electrons. The summed E-state index contributed by atoms with van der Waals surface area (Å²) in [4.78, 5) is 11.0. The van der Waals surface area contributed by atoms with Crippen molar-refractivity contribution in [3.8, 4) is 0 Å². The quantitative estimate of drug-likeness (QED) is 0.776. The van der Waals surface area contributed by atoms with Gasteiger partial charge in [0.1, 0.15) is 0 Å². The molecule has 1 rings (SSSR count). The molecule has 0 aromatic heterocycles. The maximum Gasteiger partial charge on any atom is 0.309 e. The van der Waals surface area contributed by atoms with Crippen molar-refractivity contribution in [2.75, 3.05) is 7.11 Å². The lowest BCUT2D eigenvalue weighted by Crippen LogP contribution is -2.01. The number of esters is 1. The third-order valence-corrected chi connectivity index (χ3v) is 2.53. The minimum absolute atomic E-state index is 0.221. The van der Waals surface area contributed by atoms with Gasteiger partial charge in [-0.05, 0) is 17.2 Å². The third kappa shape index (κ3) is 2.70. The molecule has 74 valence electrons. The van der Waals surface area contributed by atoms with Crippen LogP contribution in [0.25, 0.3) is 5.57 Å². The summed E-state index contributed by atoms with van der Waals surface area (Å²) < 4.78 is 5.51. The zero-order valence-corrected chi connectivity index (χ0v) is 9.50. The topological polar surface area (TPSA) is 26.3 Å². The van der Waals surface area contributed by atoms with E-state index in [9.17, 15) is 4.79 Å². The number of carbonyl (C=O) groups is 1. The first-order chi connectivity index (χ1) is 6.65. The number of hydrogen-bond acceptors (Lipinski definition) is 2. The zero-order chi connectivity index (χ0) is 10.6. The Kier molecular flexibility index (Phi) is 3.89. The van der Waals surface area contributed by atoms with Crippen molar-refractivity contribution < 1.29 is 9.53 Å². The average Bonchev–Trinajstić information content (AvgIpc) is 2.18. The van der Waals surface area contributed by atoms with E-state index in [1.165, 1.54) is 7.11 Å². The van der Waals surface area contributed by atoms with Gasteiger partial charge in [-0.3, -0.25) is 4.79 Å². The molecule has 0 saturated carbocycles. The van der Waals surface area contributed by atoms with Crippen LogP contribution in [0.2, 0.25) is 0 Å². The first kappa shape index (κ1) is 11.0. The highest BCUT2D eigenvalue weighted by Crippen LogP contribution is 2.24. The number of rotatable bonds is 3. The lowest BCUT2D eigenvalue weighted by atomic mass is 10.1. The Labute approximate surface area is 91.7 Å². The molecule has 1 aromatic carbocycles. The van der Waals surface area contributed by atoms with Crippen LogP contribution in [0.15, 0.2) is 35.3 Å². The molecule has 0 saturated heterocycles. The van der Waals surface area contributed by atoms with Gasteiger partial charge in [-0.15, -0.1) is 0 Å². The van der Waals surface area contributed by atoms with E-state index in [2.05, 4.69) is 27.2 Å². The molecule has 3 heteroatoms. The van der Waals surface area contributed by atoms with Crippen molar-refractivity contribution >= 4 is 27.5 Å². The molecule has 0 amide bonds. The monoisotopic (exact) mass is 254 g/mol.